The molecule has 0 saturated heterocycles. The molecule has 130 valence electrons. The van der Waals surface area contributed by atoms with E-state index in [1.807, 2.05) is 6.92 Å². The van der Waals surface area contributed by atoms with Gasteiger partial charge in [0.2, 0.25) is 0 Å². The van der Waals surface area contributed by atoms with Crippen LogP contribution in [0, 0.1) is 5.41 Å². The smallest absolute Gasteiger partial charge is 0.359 e. The number of hydrogen-bond donors (Lipinski definition) is 0. The summed E-state index contributed by atoms with van der Waals surface area (Å²) in [5, 5.41) is 0. The minimum atomic E-state index is -1.31. The molecule has 0 heterocycles. The number of carbonyl (C=O) groups excluding carboxylic acids is 2. The Labute approximate surface area is 134 Å². The summed E-state index contributed by atoms with van der Waals surface area (Å²) in [5.41, 5.74) is -2.60. The van der Waals surface area contributed by atoms with E-state index < -0.39 is 28.6 Å². The van der Waals surface area contributed by atoms with Crippen LogP contribution in [0.3, 0.4) is 0 Å². The Morgan fingerprint density at radius 1 is 0.864 bits per heavy atom. The lowest BCUT2D eigenvalue weighted by Crippen LogP contribution is -2.45. The maximum Gasteiger partial charge on any atom is 0.359 e. The average Bonchev–Trinajstić information content (AvgIpc) is 2.34. The molecule has 0 aromatic rings. The summed E-state index contributed by atoms with van der Waals surface area (Å²) in [4.78, 5) is 35.2. The molecule has 0 amide bonds. The first-order valence-corrected chi connectivity index (χ1v) is 8.01. The third-order valence-electron chi connectivity index (χ3n) is 3.11. The lowest BCUT2D eigenvalue weighted by Gasteiger charge is -2.32. The Kier molecular flexibility index (Phi) is 7.55. The van der Waals surface area contributed by atoms with E-state index >= 15 is 0 Å². The molecule has 0 aliphatic carbocycles. The Balaban J connectivity index is 5.30. The summed E-state index contributed by atoms with van der Waals surface area (Å²) in [6.07, 6.45) is 2.31. The highest BCUT2D eigenvalue weighted by atomic mass is 17.2. The Bertz CT molecular complexity index is 375. The van der Waals surface area contributed by atoms with Crippen LogP contribution in [0.5, 0.6) is 0 Å². The Hall–Kier alpha value is -1.10. The minimum absolute atomic E-state index is 0.314. The van der Waals surface area contributed by atoms with Gasteiger partial charge < -0.3 is 4.74 Å². The molecule has 0 radical (unpaired) electrons. The zero-order valence-electron chi connectivity index (χ0n) is 15.4. The van der Waals surface area contributed by atoms with Crippen LogP contribution in [0.15, 0.2) is 0 Å². The molecule has 1 atom stereocenters. The second-order valence-corrected chi connectivity index (χ2v) is 7.61. The van der Waals surface area contributed by atoms with Gasteiger partial charge in [0.15, 0.2) is 5.41 Å². The summed E-state index contributed by atoms with van der Waals surface area (Å²) >= 11 is 0. The van der Waals surface area contributed by atoms with Crippen LogP contribution in [0.1, 0.15) is 81.1 Å². The Morgan fingerprint density at radius 2 is 1.41 bits per heavy atom. The maximum atomic E-state index is 12.6. The van der Waals surface area contributed by atoms with Gasteiger partial charge in [-0.1, -0.05) is 26.7 Å². The molecule has 0 saturated carbocycles. The molecule has 0 aromatic heterocycles. The van der Waals surface area contributed by atoms with Crippen molar-refractivity contribution >= 4 is 11.9 Å². The van der Waals surface area contributed by atoms with Gasteiger partial charge in [-0.15, -0.1) is 0 Å². The van der Waals surface area contributed by atoms with Crippen LogP contribution >= 0.6 is 0 Å². The summed E-state index contributed by atoms with van der Waals surface area (Å²) in [5.74, 6) is -1.22. The van der Waals surface area contributed by atoms with Crippen molar-refractivity contribution in [2.45, 2.75) is 92.3 Å². The number of hydrogen-bond acceptors (Lipinski definition) is 5. The molecule has 0 fully saturated rings. The molecule has 5 heteroatoms. The molecule has 0 N–H and O–H groups in total. The number of unbranched alkanes of at least 4 members (excludes halogenated alkanes) is 1. The Morgan fingerprint density at radius 3 is 1.77 bits per heavy atom. The van der Waals surface area contributed by atoms with E-state index in [-0.39, 0.29) is 0 Å². The van der Waals surface area contributed by atoms with Crippen LogP contribution in [-0.2, 0) is 24.1 Å². The first-order valence-electron chi connectivity index (χ1n) is 8.01. The molecule has 0 aliphatic heterocycles. The molecule has 0 bridgehead atoms. The van der Waals surface area contributed by atoms with Crippen LogP contribution in [0.4, 0.5) is 0 Å². The van der Waals surface area contributed by atoms with Crippen molar-refractivity contribution in [2.24, 2.45) is 5.41 Å². The van der Waals surface area contributed by atoms with E-state index in [0.29, 0.717) is 12.8 Å². The molecule has 0 spiro atoms. The second-order valence-electron chi connectivity index (χ2n) is 7.61. The topological polar surface area (TPSA) is 61.8 Å². The largest absolute Gasteiger partial charge is 0.459 e. The lowest BCUT2D eigenvalue weighted by atomic mass is 9.80. The second kappa shape index (κ2) is 7.95. The van der Waals surface area contributed by atoms with Gasteiger partial charge in [0, 0.05) is 0 Å². The van der Waals surface area contributed by atoms with Gasteiger partial charge in [0.1, 0.15) is 11.2 Å². The molecule has 0 aromatic carbocycles. The lowest BCUT2D eigenvalue weighted by molar-refractivity contribution is -0.326. The summed E-state index contributed by atoms with van der Waals surface area (Å²) in [6.45, 7) is 14.4. The first kappa shape index (κ1) is 20.9. The number of carbonyl (C=O) groups is 2. The molecule has 1 unspecified atom stereocenters. The van der Waals surface area contributed by atoms with Crippen LogP contribution in [-0.4, -0.2) is 23.1 Å². The number of ether oxygens (including phenoxy) is 1. The van der Waals surface area contributed by atoms with E-state index in [4.69, 9.17) is 14.5 Å². The number of esters is 1. The van der Waals surface area contributed by atoms with Gasteiger partial charge in [-0.25, -0.2) is 4.79 Å². The predicted molar refractivity (Wildman–Crippen MR) is 85.0 cm³/mol. The molecule has 0 rings (SSSR count). The summed E-state index contributed by atoms with van der Waals surface area (Å²) in [7, 11) is 0. The van der Waals surface area contributed by atoms with Crippen molar-refractivity contribution in [2.75, 3.05) is 0 Å². The van der Waals surface area contributed by atoms with Crippen LogP contribution in [0.2, 0.25) is 0 Å². The molecule has 5 nitrogen and oxygen atoms in total. The van der Waals surface area contributed by atoms with Crippen LogP contribution < -0.4 is 0 Å². The highest BCUT2D eigenvalue weighted by Gasteiger charge is 2.49. The van der Waals surface area contributed by atoms with Gasteiger partial charge in [0.05, 0.1) is 0 Å². The van der Waals surface area contributed by atoms with Gasteiger partial charge in [-0.05, 0) is 54.4 Å². The van der Waals surface area contributed by atoms with Gasteiger partial charge in [-0.2, -0.15) is 4.89 Å². The van der Waals surface area contributed by atoms with E-state index in [1.165, 1.54) is 0 Å². The van der Waals surface area contributed by atoms with E-state index in [1.54, 1.807) is 48.5 Å². The van der Waals surface area contributed by atoms with Crippen molar-refractivity contribution < 1.29 is 24.1 Å². The maximum absolute atomic E-state index is 12.6. The summed E-state index contributed by atoms with van der Waals surface area (Å²) < 4.78 is 5.45. The van der Waals surface area contributed by atoms with Gasteiger partial charge >= 0.3 is 11.9 Å². The highest BCUT2D eigenvalue weighted by Crippen LogP contribution is 2.34. The molecular formula is C17H32O5. The average molecular weight is 316 g/mol. The standard InChI is InChI=1S/C17H32O5/c1-9-11-12-17(10-2,13(18)20-15(3,4)5)14(19)21-22-16(6,7)8/h9-12H2,1-8H3. The highest BCUT2D eigenvalue weighted by molar-refractivity contribution is 5.99. The van der Waals surface area contributed by atoms with E-state index in [2.05, 4.69) is 0 Å². The monoisotopic (exact) mass is 316 g/mol. The van der Waals surface area contributed by atoms with Gasteiger partial charge in [0.25, 0.3) is 0 Å². The first-order chi connectivity index (χ1) is 9.88. The van der Waals surface area contributed by atoms with Crippen molar-refractivity contribution in [3.8, 4) is 0 Å². The summed E-state index contributed by atoms with van der Waals surface area (Å²) in [6, 6.07) is 0. The van der Waals surface area contributed by atoms with Gasteiger partial charge in [-0.3, -0.25) is 9.68 Å². The zero-order valence-corrected chi connectivity index (χ0v) is 15.4. The molecule has 22 heavy (non-hydrogen) atoms. The van der Waals surface area contributed by atoms with Crippen molar-refractivity contribution in [3.63, 3.8) is 0 Å². The fourth-order valence-electron chi connectivity index (χ4n) is 1.85. The van der Waals surface area contributed by atoms with Crippen molar-refractivity contribution in [3.05, 3.63) is 0 Å². The van der Waals surface area contributed by atoms with Crippen molar-refractivity contribution in [1.29, 1.82) is 0 Å². The van der Waals surface area contributed by atoms with E-state index in [0.717, 1.165) is 12.8 Å². The fourth-order valence-corrected chi connectivity index (χ4v) is 1.85. The third kappa shape index (κ3) is 6.77. The predicted octanol–water partition coefficient (Wildman–Crippen LogP) is 4.19. The SMILES string of the molecule is CCCCC(CC)(C(=O)OOC(C)(C)C)C(=O)OC(C)(C)C. The fraction of sp³-hybridized carbons (Fsp3) is 0.882. The molecular weight excluding hydrogens is 284 g/mol. The third-order valence-corrected chi connectivity index (χ3v) is 3.11. The normalized spacial score (nSPS) is 15.1. The van der Waals surface area contributed by atoms with E-state index in [9.17, 15) is 9.59 Å². The quantitative estimate of drug-likeness (QED) is 0.305. The van der Waals surface area contributed by atoms with Crippen molar-refractivity contribution in [1.82, 2.24) is 0 Å². The zero-order chi connectivity index (χ0) is 17.6. The molecule has 0 aliphatic rings. The van der Waals surface area contributed by atoms with Crippen LogP contribution in [0.25, 0.3) is 0 Å². The minimum Gasteiger partial charge on any atom is -0.459 e. The number of rotatable bonds is 7.